The van der Waals surface area contributed by atoms with Gasteiger partial charge in [0.05, 0.1) is 13.2 Å². The summed E-state index contributed by atoms with van der Waals surface area (Å²) in [5.74, 6) is -0.853. The molecule has 3 N–H and O–H groups in total. The molecule has 0 aromatic heterocycles. The van der Waals surface area contributed by atoms with Crippen molar-refractivity contribution in [3.63, 3.8) is 0 Å². The molecule has 1 rings (SSSR count). The van der Waals surface area contributed by atoms with E-state index in [2.05, 4.69) is 10.1 Å². The van der Waals surface area contributed by atoms with E-state index in [4.69, 9.17) is 5.73 Å². The number of hydrogen-bond acceptors (Lipinski definition) is 4. The minimum Gasteiger partial charge on any atom is -0.467 e. The summed E-state index contributed by atoms with van der Waals surface area (Å²) < 4.78 is 4.67. The van der Waals surface area contributed by atoms with Gasteiger partial charge < -0.3 is 15.8 Å². The molecule has 1 aromatic carbocycles. The van der Waals surface area contributed by atoms with Crippen LogP contribution in [0.1, 0.15) is 12.5 Å². The summed E-state index contributed by atoms with van der Waals surface area (Å²) in [6.45, 7) is 1.56. The van der Waals surface area contributed by atoms with Crippen LogP contribution in [0.15, 0.2) is 30.3 Å². The Morgan fingerprint density at radius 3 is 2.37 bits per heavy atom. The first-order chi connectivity index (χ1) is 8.54. The quantitative estimate of drug-likeness (QED) is 0.779. The standard InChI is InChI=1S/C13H18N2O3.ClH/c1-9(14)12(16)15-11(13(17)18-2)8-10-6-4-3-5-7-10;/h3-7,9,11H,8,14H2,1-2H3,(H,15,16);1H/t9-,11-;/m0./s1. The fraction of sp³-hybridized carbons (Fsp3) is 0.385. The fourth-order valence-electron chi connectivity index (χ4n) is 1.49. The number of carbonyl (C=O) groups excluding carboxylic acids is 2. The van der Waals surface area contributed by atoms with Gasteiger partial charge in [-0.2, -0.15) is 0 Å². The molecule has 0 aliphatic carbocycles. The molecule has 1 aromatic rings. The van der Waals surface area contributed by atoms with Crippen LogP contribution in [0, 0.1) is 0 Å². The molecule has 1 amide bonds. The minimum atomic E-state index is -0.712. The average molecular weight is 287 g/mol. The van der Waals surface area contributed by atoms with Crippen LogP contribution in [-0.2, 0) is 20.7 Å². The van der Waals surface area contributed by atoms with Crippen molar-refractivity contribution < 1.29 is 14.3 Å². The monoisotopic (exact) mass is 286 g/mol. The van der Waals surface area contributed by atoms with E-state index in [1.165, 1.54) is 7.11 Å². The second kappa shape index (κ2) is 8.50. The summed E-state index contributed by atoms with van der Waals surface area (Å²) in [4.78, 5) is 23.1. The highest BCUT2D eigenvalue weighted by molar-refractivity contribution is 5.87. The smallest absolute Gasteiger partial charge is 0.328 e. The third kappa shape index (κ3) is 5.72. The Kier molecular flexibility index (Phi) is 7.79. The fourth-order valence-corrected chi connectivity index (χ4v) is 1.49. The molecule has 0 radical (unpaired) electrons. The normalized spacial score (nSPS) is 12.8. The maximum Gasteiger partial charge on any atom is 0.328 e. The topological polar surface area (TPSA) is 81.4 Å². The van der Waals surface area contributed by atoms with Gasteiger partial charge in [-0.3, -0.25) is 4.79 Å². The second-order valence-corrected chi connectivity index (χ2v) is 4.06. The number of amides is 1. The lowest BCUT2D eigenvalue weighted by molar-refractivity contribution is -0.145. The van der Waals surface area contributed by atoms with E-state index < -0.39 is 18.1 Å². The van der Waals surface area contributed by atoms with E-state index in [1.807, 2.05) is 30.3 Å². The Labute approximate surface area is 118 Å². The van der Waals surface area contributed by atoms with Crippen molar-refractivity contribution in [3.8, 4) is 0 Å². The summed E-state index contributed by atoms with van der Waals surface area (Å²) in [5.41, 5.74) is 6.40. The van der Waals surface area contributed by atoms with Crippen LogP contribution in [-0.4, -0.2) is 31.1 Å². The number of nitrogens with one attached hydrogen (secondary N) is 1. The van der Waals surface area contributed by atoms with E-state index in [0.29, 0.717) is 6.42 Å². The van der Waals surface area contributed by atoms with Crippen molar-refractivity contribution in [1.82, 2.24) is 5.32 Å². The number of halogens is 1. The number of hydrogen-bond donors (Lipinski definition) is 2. The van der Waals surface area contributed by atoms with E-state index in [0.717, 1.165) is 5.56 Å². The number of carbonyl (C=O) groups is 2. The third-order valence-electron chi connectivity index (χ3n) is 2.50. The molecule has 0 bridgehead atoms. The van der Waals surface area contributed by atoms with Crippen molar-refractivity contribution in [2.75, 3.05) is 7.11 Å². The molecular formula is C13H19ClN2O3. The predicted molar refractivity (Wildman–Crippen MR) is 75.0 cm³/mol. The molecule has 0 heterocycles. The molecule has 0 aliphatic heterocycles. The molecular weight excluding hydrogens is 268 g/mol. The van der Waals surface area contributed by atoms with E-state index in [9.17, 15) is 9.59 Å². The third-order valence-corrected chi connectivity index (χ3v) is 2.50. The Morgan fingerprint density at radius 2 is 1.89 bits per heavy atom. The molecule has 106 valence electrons. The van der Waals surface area contributed by atoms with Gasteiger partial charge >= 0.3 is 5.97 Å². The number of nitrogens with two attached hydrogens (primary N) is 1. The summed E-state index contributed by atoms with van der Waals surface area (Å²) in [5, 5.41) is 2.58. The first-order valence-corrected chi connectivity index (χ1v) is 5.72. The molecule has 0 aliphatic rings. The van der Waals surface area contributed by atoms with Crippen LogP contribution in [0.2, 0.25) is 0 Å². The summed E-state index contributed by atoms with van der Waals surface area (Å²) in [6, 6.07) is 8.02. The summed E-state index contributed by atoms with van der Waals surface area (Å²) in [6.07, 6.45) is 0.381. The van der Waals surface area contributed by atoms with Gasteiger partial charge in [0, 0.05) is 6.42 Å². The highest BCUT2D eigenvalue weighted by Crippen LogP contribution is 2.04. The molecule has 19 heavy (non-hydrogen) atoms. The molecule has 2 atom stereocenters. The van der Waals surface area contributed by atoms with Crippen molar-refractivity contribution in [2.24, 2.45) is 5.73 Å². The zero-order valence-corrected chi connectivity index (χ0v) is 11.8. The number of methoxy groups -OCH3 is 1. The number of benzene rings is 1. The summed E-state index contributed by atoms with van der Waals surface area (Å²) >= 11 is 0. The van der Waals surface area contributed by atoms with E-state index >= 15 is 0 Å². The molecule has 5 nitrogen and oxygen atoms in total. The molecule has 0 fully saturated rings. The zero-order valence-electron chi connectivity index (χ0n) is 11.0. The van der Waals surface area contributed by atoms with Gasteiger partial charge in [0.1, 0.15) is 6.04 Å². The first kappa shape index (κ1) is 17.4. The lowest BCUT2D eigenvalue weighted by Crippen LogP contribution is -2.48. The van der Waals surface area contributed by atoms with Crippen LogP contribution in [0.25, 0.3) is 0 Å². The highest BCUT2D eigenvalue weighted by Gasteiger charge is 2.23. The highest BCUT2D eigenvalue weighted by atomic mass is 35.5. The van der Waals surface area contributed by atoms with Crippen LogP contribution >= 0.6 is 12.4 Å². The van der Waals surface area contributed by atoms with Crippen LogP contribution in [0.4, 0.5) is 0 Å². The van der Waals surface area contributed by atoms with Crippen molar-refractivity contribution in [3.05, 3.63) is 35.9 Å². The van der Waals surface area contributed by atoms with Gasteiger partial charge in [0.15, 0.2) is 0 Å². The Morgan fingerprint density at radius 1 is 1.32 bits per heavy atom. The van der Waals surface area contributed by atoms with Crippen molar-refractivity contribution in [1.29, 1.82) is 0 Å². The first-order valence-electron chi connectivity index (χ1n) is 5.72. The molecule has 0 unspecified atom stereocenters. The van der Waals surface area contributed by atoms with Crippen molar-refractivity contribution in [2.45, 2.75) is 25.4 Å². The number of esters is 1. The summed E-state index contributed by atoms with van der Waals surface area (Å²) in [7, 11) is 1.29. The van der Waals surface area contributed by atoms with Crippen LogP contribution in [0.5, 0.6) is 0 Å². The Balaban J connectivity index is 0.00000324. The zero-order chi connectivity index (χ0) is 13.5. The predicted octanol–water partition coefficient (Wildman–Crippen LogP) is 0.656. The van der Waals surface area contributed by atoms with Crippen LogP contribution in [0.3, 0.4) is 0 Å². The van der Waals surface area contributed by atoms with Gasteiger partial charge in [-0.15, -0.1) is 12.4 Å². The largest absolute Gasteiger partial charge is 0.467 e. The SMILES string of the molecule is COC(=O)[C@H](Cc1ccccc1)NC(=O)[C@H](C)N.Cl. The molecule has 0 spiro atoms. The van der Waals surface area contributed by atoms with Crippen LogP contribution < -0.4 is 11.1 Å². The lowest BCUT2D eigenvalue weighted by atomic mass is 10.1. The Hall–Kier alpha value is -1.59. The van der Waals surface area contributed by atoms with E-state index in [1.54, 1.807) is 6.92 Å². The minimum absolute atomic E-state index is 0. The van der Waals surface area contributed by atoms with Gasteiger partial charge in [-0.05, 0) is 12.5 Å². The molecule has 0 saturated heterocycles. The average Bonchev–Trinajstić information content (AvgIpc) is 2.38. The molecule has 0 saturated carbocycles. The van der Waals surface area contributed by atoms with Gasteiger partial charge in [-0.25, -0.2) is 4.79 Å². The Bertz CT molecular complexity index is 410. The van der Waals surface area contributed by atoms with Gasteiger partial charge in [0.25, 0.3) is 0 Å². The lowest BCUT2D eigenvalue weighted by Gasteiger charge is -2.17. The number of rotatable bonds is 5. The van der Waals surface area contributed by atoms with Gasteiger partial charge in [-0.1, -0.05) is 30.3 Å². The second-order valence-electron chi connectivity index (χ2n) is 4.06. The molecule has 6 heteroatoms. The van der Waals surface area contributed by atoms with Gasteiger partial charge in [0.2, 0.25) is 5.91 Å². The number of ether oxygens (including phenoxy) is 1. The maximum atomic E-state index is 11.6. The van der Waals surface area contributed by atoms with E-state index in [-0.39, 0.29) is 18.3 Å². The van der Waals surface area contributed by atoms with Crippen molar-refractivity contribution >= 4 is 24.3 Å². The maximum absolute atomic E-state index is 11.6.